The van der Waals surface area contributed by atoms with E-state index in [1.54, 1.807) is 0 Å². The predicted octanol–water partition coefficient (Wildman–Crippen LogP) is 3.63. The number of nitrogens with two attached hydrogens (primary N) is 1. The second-order valence-electron chi connectivity index (χ2n) is 3.58. The molecule has 0 heterocycles. The van der Waals surface area contributed by atoms with E-state index in [9.17, 15) is 22.0 Å². The summed E-state index contributed by atoms with van der Waals surface area (Å²) in [6, 6.07) is 3.03. The van der Waals surface area contributed by atoms with Gasteiger partial charge in [0.1, 0.15) is 11.5 Å². The zero-order valence-corrected chi connectivity index (χ0v) is 8.78. The lowest BCUT2D eigenvalue weighted by atomic mass is 10.0. The van der Waals surface area contributed by atoms with Crippen LogP contribution in [0.4, 0.5) is 27.6 Å². The van der Waals surface area contributed by atoms with Crippen molar-refractivity contribution >= 4 is 5.69 Å². The van der Waals surface area contributed by atoms with Crippen molar-refractivity contribution in [1.82, 2.24) is 0 Å². The van der Waals surface area contributed by atoms with Crippen molar-refractivity contribution in [1.29, 1.82) is 0 Å². The molecule has 1 nitrogen and oxygen atoms in total. The number of hydrogen-bond donors (Lipinski definition) is 1. The van der Waals surface area contributed by atoms with Crippen molar-refractivity contribution in [3.63, 3.8) is 0 Å². The fourth-order valence-corrected chi connectivity index (χ4v) is 1.50. The molecule has 0 amide bonds. The van der Waals surface area contributed by atoms with Crippen LogP contribution in [0.2, 0.25) is 0 Å². The molecule has 94 valence electrons. The quantitative estimate of drug-likeness (QED) is 0.472. The molecule has 0 spiro atoms. The van der Waals surface area contributed by atoms with E-state index in [4.69, 9.17) is 5.73 Å². The largest absolute Gasteiger partial charge is 0.394 e. The van der Waals surface area contributed by atoms with E-state index in [0.29, 0.717) is 12.1 Å². The van der Waals surface area contributed by atoms with Gasteiger partial charge in [-0.3, -0.25) is 0 Å². The SMILES string of the molecule is Nc1c(F)ccc(-c2cc(F)c(F)c(F)c2)c1F. The number of rotatable bonds is 1. The third-order valence-electron chi connectivity index (χ3n) is 2.42. The van der Waals surface area contributed by atoms with Gasteiger partial charge in [-0.05, 0) is 29.8 Å². The van der Waals surface area contributed by atoms with Gasteiger partial charge >= 0.3 is 0 Å². The first-order valence-electron chi connectivity index (χ1n) is 4.80. The highest BCUT2D eigenvalue weighted by atomic mass is 19.2. The summed E-state index contributed by atoms with van der Waals surface area (Å²) in [7, 11) is 0. The smallest absolute Gasteiger partial charge is 0.194 e. The Morgan fingerprint density at radius 3 is 1.83 bits per heavy atom. The molecule has 0 aliphatic carbocycles. The molecule has 2 aromatic carbocycles. The number of hydrogen-bond acceptors (Lipinski definition) is 1. The van der Waals surface area contributed by atoms with Crippen LogP contribution in [-0.4, -0.2) is 0 Å². The molecule has 0 saturated carbocycles. The van der Waals surface area contributed by atoms with E-state index in [1.165, 1.54) is 0 Å². The van der Waals surface area contributed by atoms with Crippen molar-refractivity contribution in [2.45, 2.75) is 0 Å². The van der Waals surface area contributed by atoms with Crippen molar-refractivity contribution in [2.24, 2.45) is 0 Å². The van der Waals surface area contributed by atoms with Crippen LogP contribution in [0.1, 0.15) is 0 Å². The molecule has 0 saturated heterocycles. The lowest BCUT2D eigenvalue weighted by Crippen LogP contribution is -1.99. The monoisotopic (exact) mass is 259 g/mol. The summed E-state index contributed by atoms with van der Waals surface area (Å²) < 4.78 is 65.3. The first kappa shape index (κ1) is 12.3. The van der Waals surface area contributed by atoms with E-state index in [-0.39, 0.29) is 11.1 Å². The Morgan fingerprint density at radius 1 is 0.722 bits per heavy atom. The van der Waals surface area contributed by atoms with Gasteiger partial charge in [-0.1, -0.05) is 0 Å². The minimum absolute atomic E-state index is 0.268. The lowest BCUT2D eigenvalue weighted by molar-refractivity contribution is 0.447. The van der Waals surface area contributed by atoms with Crippen LogP contribution in [0.3, 0.4) is 0 Å². The van der Waals surface area contributed by atoms with E-state index < -0.39 is 34.8 Å². The Balaban J connectivity index is 2.67. The first-order valence-corrected chi connectivity index (χ1v) is 4.80. The van der Waals surface area contributed by atoms with E-state index in [1.807, 2.05) is 0 Å². The van der Waals surface area contributed by atoms with Crippen LogP contribution in [-0.2, 0) is 0 Å². The van der Waals surface area contributed by atoms with Gasteiger partial charge in [0.15, 0.2) is 23.3 Å². The molecule has 0 aliphatic rings. The molecule has 0 bridgehead atoms. The Kier molecular flexibility index (Phi) is 2.94. The second kappa shape index (κ2) is 4.29. The number of benzene rings is 2. The molecule has 2 rings (SSSR count). The Bertz CT molecular complexity index is 601. The molecule has 0 aliphatic heterocycles. The predicted molar refractivity (Wildman–Crippen MR) is 56.1 cm³/mol. The molecule has 0 fully saturated rings. The van der Waals surface area contributed by atoms with E-state index in [0.717, 1.165) is 12.1 Å². The van der Waals surface area contributed by atoms with Crippen molar-refractivity contribution in [3.05, 3.63) is 53.4 Å². The van der Waals surface area contributed by atoms with Crippen molar-refractivity contribution < 1.29 is 22.0 Å². The van der Waals surface area contributed by atoms with Gasteiger partial charge < -0.3 is 5.73 Å². The molecular formula is C12H6F5N. The summed E-state index contributed by atoms with van der Waals surface area (Å²) in [6.45, 7) is 0. The van der Waals surface area contributed by atoms with Crippen LogP contribution < -0.4 is 5.73 Å². The van der Waals surface area contributed by atoms with Gasteiger partial charge in [0.05, 0.1) is 0 Å². The van der Waals surface area contributed by atoms with Crippen molar-refractivity contribution in [3.8, 4) is 11.1 Å². The normalized spacial score (nSPS) is 10.7. The highest BCUT2D eigenvalue weighted by Crippen LogP contribution is 2.29. The summed E-state index contributed by atoms with van der Waals surface area (Å²) in [5.74, 6) is -6.73. The molecule has 0 radical (unpaired) electrons. The van der Waals surface area contributed by atoms with Gasteiger partial charge in [-0.2, -0.15) is 0 Å². The standard InChI is InChI=1S/C12H6F5N/c13-7-2-1-6(10(16)12(7)18)5-3-8(14)11(17)9(15)4-5/h1-4H,18H2. The van der Waals surface area contributed by atoms with Gasteiger partial charge in [0, 0.05) is 5.56 Å². The Hall–Kier alpha value is -2.11. The summed E-state index contributed by atoms with van der Waals surface area (Å²) in [5, 5.41) is 0. The maximum Gasteiger partial charge on any atom is 0.194 e. The van der Waals surface area contributed by atoms with E-state index in [2.05, 4.69) is 0 Å². The Morgan fingerprint density at radius 2 is 1.28 bits per heavy atom. The molecule has 2 aromatic rings. The highest BCUT2D eigenvalue weighted by molar-refractivity contribution is 5.68. The topological polar surface area (TPSA) is 26.0 Å². The van der Waals surface area contributed by atoms with Crippen LogP contribution >= 0.6 is 0 Å². The van der Waals surface area contributed by atoms with Gasteiger partial charge in [-0.25, -0.2) is 22.0 Å². The minimum atomic E-state index is -1.66. The minimum Gasteiger partial charge on any atom is -0.394 e. The number of nitrogen functional groups attached to an aromatic ring is 1. The third kappa shape index (κ3) is 1.90. The molecule has 0 aromatic heterocycles. The summed E-state index contributed by atoms with van der Waals surface area (Å²) in [4.78, 5) is 0. The number of anilines is 1. The third-order valence-corrected chi connectivity index (χ3v) is 2.42. The fraction of sp³-hybridized carbons (Fsp3) is 0. The zero-order valence-electron chi connectivity index (χ0n) is 8.78. The van der Waals surface area contributed by atoms with Crippen LogP contribution in [0.15, 0.2) is 24.3 Å². The zero-order chi connectivity index (χ0) is 13.4. The lowest BCUT2D eigenvalue weighted by Gasteiger charge is -2.07. The van der Waals surface area contributed by atoms with Crippen LogP contribution in [0, 0.1) is 29.1 Å². The summed E-state index contributed by atoms with van der Waals surface area (Å²) in [6.07, 6.45) is 0. The molecule has 2 N–H and O–H groups in total. The molecule has 0 unspecified atom stereocenters. The molecular weight excluding hydrogens is 253 g/mol. The molecule has 0 atom stereocenters. The average molecular weight is 259 g/mol. The van der Waals surface area contributed by atoms with E-state index >= 15 is 0 Å². The fourth-order valence-electron chi connectivity index (χ4n) is 1.50. The Labute approximate surface area is 98.7 Å². The summed E-state index contributed by atoms with van der Waals surface area (Å²) >= 11 is 0. The van der Waals surface area contributed by atoms with Gasteiger partial charge in [-0.15, -0.1) is 0 Å². The summed E-state index contributed by atoms with van der Waals surface area (Å²) in [5.41, 5.74) is 3.77. The van der Waals surface area contributed by atoms with Gasteiger partial charge in [0.2, 0.25) is 0 Å². The second-order valence-corrected chi connectivity index (χ2v) is 3.58. The van der Waals surface area contributed by atoms with Crippen LogP contribution in [0.25, 0.3) is 11.1 Å². The molecule has 18 heavy (non-hydrogen) atoms. The maximum atomic E-state index is 13.6. The highest BCUT2D eigenvalue weighted by Gasteiger charge is 2.16. The number of halogens is 5. The molecule has 6 heteroatoms. The van der Waals surface area contributed by atoms with Gasteiger partial charge in [0.25, 0.3) is 0 Å². The first-order chi connectivity index (χ1) is 8.41. The van der Waals surface area contributed by atoms with Crippen molar-refractivity contribution in [2.75, 3.05) is 5.73 Å². The van der Waals surface area contributed by atoms with Crippen LogP contribution in [0.5, 0.6) is 0 Å². The average Bonchev–Trinajstić information content (AvgIpc) is 2.33. The maximum absolute atomic E-state index is 13.6.